The van der Waals surface area contributed by atoms with E-state index in [4.69, 9.17) is 11.6 Å². The lowest BCUT2D eigenvalue weighted by molar-refractivity contribution is 0.427. The van der Waals surface area contributed by atoms with E-state index in [2.05, 4.69) is 40.1 Å². The van der Waals surface area contributed by atoms with E-state index in [1.165, 1.54) is 12.1 Å². The number of anilines is 1. The van der Waals surface area contributed by atoms with Gasteiger partial charge in [-0.25, -0.2) is 0 Å². The van der Waals surface area contributed by atoms with Gasteiger partial charge in [0.2, 0.25) is 0 Å². The Morgan fingerprint density at radius 1 is 1.29 bits per heavy atom. The van der Waals surface area contributed by atoms with Crippen LogP contribution in [0.5, 0.6) is 0 Å². The molecule has 0 radical (unpaired) electrons. The third-order valence-electron chi connectivity index (χ3n) is 4.72. The molecule has 0 bridgehead atoms. The first-order valence-electron chi connectivity index (χ1n) is 7.92. The maximum absolute atomic E-state index is 5.95. The molecule has 1 aromatic carbocycles. The standard InChI is InChI=1S/C16H25ClN4/c1-12-14(10-19-20-12)9-18-8-13-6-7-21(11-13)16-4-2-15(17)3-5-16/h2-5,12-14,18-20H,6-11H2,1H3. The van der Waals surface area contributed by atoms with Crippen LogP contribution in [0.15, 0.2) is 24.3 Å². The number of hydrazine groups is 1. The van der Waals surface area contributed by atoms with Crippen molar-refractivity contribution in [2.24, 2.45) is 11.8 Å². The van der Waals surface area contributed by atoms with Crippen LogP contribution < -0.4 is 21.1 Å². The Morgan fingerprint density at radius 3 is 2.81 bits per heavy atom. The number of rotatable bonds is 5. The van der Waals surface area contributed by atoms with Crippen molar-refractivity contribution in [3.8, 4) is 0 Å². The molecule has 1 aromatic rings. The van der Waals surface area contributed by atoms with Crippen molar-refractivity contribution >= 4 is 17.3 Å². The largest absolute Gasteiger partial charge is 0.371 e. The first kappa shape index (κ1) is 15.1. The molecule has 5 heteroatoms. The van der Waals surface area contributed by atoms with Gasteiger partial charge < -0.3 is 10.2 Å². The zero-order valence-corrected chi connectivity index (χ0v) is 13.4. The zero-order chi connectivity index (χ0) is 14.7. The highest BCUT2D eigenvalue weighted by Crippen LogP contribution is 2.24. The molecule has 0 aliphatic carbocycles. The van der Waals surface area contributed by atoms with Crippen LogP contribution in [0.2, 0.25) is 5.02 Å². The lowest BCUT2D eigenvalue weighted by Gasteiger charge is -2.20. The van der Waals surface area contributed by atoms with Crippen molar-refractivity contribution in [1.82, 2.24) is 16.2 Å². The summed E-state index contributed by atoms with van der Waals surface area (Å²) in [6.45, 7) is 7.81. The maximum atomic E-state index is 5.95. The van der Waals surface area contributed by atoms with Crippen LogP contribution in [0.4, 0.5) is 5.69 Å². The summed E-state index contributed by atoms with van der Waals surface area (Å²) in [5.41, 5.74) is 7.79. The number of halogens is 1. The van der Waals surface area contributed by atoms with E-state index in [-0.39, 0.29) is 0 Å². The predicted molar refractivity (Wildman–Crippen MR) is 88.7 cm³/mol. The Kier molecular flexibility index (Phi) is 5.01. The molecule has 2 fully saturated rings. The molecule has 2 aliphatic rings. The Morgan fingerprint density at radius 2 is 2.10 bits per heavy atom. The van der Waals surface area contributed by atoms with Gasteiger partial charge in [-0.1, -0.05) is 11.6 Å². The Bertz CT molecular complexity index is 450. The average Bonchev–Trinajstić information content (AvgIpc) is 3.10. The van der Waals surface area contributed by atoms with Gasteiger partial charge in [-0.2, -0.15) is 0 Å². The Labute approximate surface area is 132 Å². The number of hydrogen-bond acceptors (Lipinski definition) is 4. The predicted octanol–water partition coefficient (Wildman–Crippen LogP) is 1.87. The second kappa shape index (κ2) is 6.97. The quantitative estimate of drug-likeness (QED) is 0.776. The van der Waals surface area contributed by atoms with Gasteiger partial charge in [0, 0.05) is 48.8 Å². The topological polar surface area (TPSA) is 39.3 Å². The van der Waals surface area contributed by atoms with E-state index in [1.807, 2.05) is 12.1 Å². The first-order valence-corrected chi connectivity index (χ1v) is 8.30. The second-order valence-electron chi connectivity index (χ2n) is 6.31. The first-order chi connectivity index (χ1) is 10.2. The molecule has 3 unspecified atom stereocenters. The molecule has 21 heavy (non-hydrogen) atoms. The van der Waals surface area contributed by atoms with Gasteiger partial charge in [0.1, 0.15) is 0 Å². The maximum Gasteiger partial charge on any atom is 0.0407 e. The molecule has 3 atom stereocenters. The summed E-state index contributed by atoms with van der Waals surface area (Å²) in [4.78, 5) is 2.46. The summed E-state index contributed by atoms with van der Waals surface area (Å²) < 4.78 is 0. The average molecular weight is 309 g/mol. The summed E-state index contributed by atoms with van der Waals surface area (Å²) in [6.07, 6.45) is 1.27. The van der Waals surface area contributed by atoms with Gasteiger partial charge in [-0.05, 0) is 50.1 Å². The minimum atomic E-state index is 0.562. The molecule has 0 amide bonds. The van der Waals surface area contributed by atoms with Gasteiger partial charge in [0.25, 0.3) is 0 Å². The van der Waals surface area contributed by atoms with Crippen LogP contribution in [-0.2, 0) is 0 Å². The lowest BCUT2D eigenvalue weighted by atomic mass is 10.0. The van der Waals surface area contributed by atoms with Gasteiger partial charge in [-0.15, -0.1) is 0 Å². The molecule has 116 valence electrons. The Hall–Kier alpha value is -0.810. The van der Waals surface area contributed by atoms with E-state index in [0.29, 0.717) is 12.0 Å². The van der Waals surface area contributed by atoms with E-state index in [0.717, 1.165) is 43.7 Å². The molecule has 0 saturated carbocycles. The van der Waals surface area contributed by atoms with E-state index in [1.54, 1.807) is 0 Å². The number of nitrogens with one attached hydrogen (secondary N) is 3. The van der Waals surface area contributed by atoms with Crippen molar-refractivity contribution in [2.75, 3.05) is 37.6 Å². The highest BCUT2D eigenvalue weighted by atomic mass is 35.5. The van der Waals surface area contributed by atoms with Crippen LogP contribution in [0.25, 0.3) is 0 Å². The molecule has 2 saturated heterocycles. The van der Waals surface area contributed by atoms with Gasteiger partial charge in [0.05, 0.1) is 0 Å². The summed E-state index contributed by atoms with van der Waals surface area (Å²) in [6, 6.07) is 8.76. The van der Waals surface area contributed by atoms with Crippen LogP contribution >= 0.6 is 11.6 Å². The number of hydrogen-bond donors (Lipinski definition) is 3. The normalized spacial score (nSPS) is 29.2. The third-order valence-corrected chi connectivity index (χ3v) is 4.97. The summed E-state index contributed by atoms with van der Waals surface area (Å²) in [5.74, 6) is 1.44. The smallest absolute Gasteiger partial charge is 0.0407 e. The SMILES string of the molecule is CC1NNCC1CNCC1CCN(c2ccc(Cl)cc2)C1. The van der Waals surface area contributed by atoms with Gasteiger partial charge in [0.15, 0.2) is 0 Å². The van der Waals surface area contributed by atoms with Crippen molar-refractivity contribution in [3.05, 3.63) is 29.3 Å². The minimum Gasteiger partial charge on any atom is -0.371 e. The molecule has 3 rings (SSSR count). The summed E-state index contributed by atoms with van der Waals surface area (Å²) in [7, 11) is 0. The molecule has 2 aliphatic heterocycles. The molecule has 4 nitrogen and oxygen atoms in total. The van der Waals surface area contributed by atoms with Crippen molar-refractivity contribution in [2.45, 2.75) is 19.4 Å². The van der Waals surface area contributed by atoms with E-state index in [9.17, 15) is 0 Å². The molecule has 0 aromatic heterocycles. The monoisotopic (exact) mass is 308 g/mol. The third kappa shape index (κ3) is 3.89. The van der Waals surface area contributed by atoms with E-state index >= 15 is 0 Å². The van der Waals surface area contributed by atoms with Crippen LogP contribution in [0.3, 0.4) is 0 Å². The molecule has 3 N–H and O–H groups in total. The fraction of sp³-hybridized carbons (Fsp3) is 0.625. The molecule has 2 heterocycles. The van der Waals surface area contributed by atoms with Crippen molar-refractivity contribution in [1.29, 1.82) is 0 Å². The van der Waals surface area contributed by atoms with Crippen LogP contribution in [0.1, 0.15) is 13.3 Å². The molecular formula is C16H25ClN4. The highest BCUT2D eigenvalue weighted by molar-refractivity contribution is 6.30. The Balaban J connectivity index is 1.41. The van der Waals surface area contributed by atoms with Gasteiger partial charge in [-0.3, -0.25) is 10.9 Å². The molecule has 0 spiro atoms. The van der Waals surface area contributed by atoms with Crippen LogP contribution in [-0.4, -0.2) is 38.8 Å². The minimum absolute atomic E-state index is 0.562. The number of benzene rings is 1. The van der Waals surface area contributed by atoms with Crippen molar-refractivity contribution < 1.29 is 0 Å². The highest BCUT2D eigenvalue weighted by Gasteiger charge is 2.25. The fourth-order valence-electron chi connectivity index (χ4n) is 3.25. The fourth-order valence-corrected chi connectivity index (χ4v) is 3.38. The van der Waals surface area contributed by atoms with Gasteiger partial charge >= 0.3 is 0 Å². The summed E-state index contributed by atoms with van der Waals surface area (Å²) >= 11 is 5.95. The second-order valence-corrected chi connectivity index (χ2v) is 6.75. The van der Waals surface area contributed by atoms with Crippen molar-refractivity contribution in [3.63, 3.8) is 0 Å². The number of nitrogens with zero attached hydrogens (tertiary/aromatic N) is 1. The zero-order valence-electron chi connectivity index (χ0n) is 12.6. The van der Waals surface area contributed by atoms with Crippen LogP contribution in [0, 0.1) is 11.8 Å². The molecular weight excluding hydrogens is 284 g/mol. The van der Waals surface area contributed by atoms with E-state index < -0.39 is 0 Å². The summed E-state index contributed by atoms with van der Waals surface area (Å²) in [5, 5.41) is 4.46. The lowest BCUT2D eigenvalue weighted by Crippen LogP contribution is -2.35.